The van der Waals surface area contributed by atoms with Gasteiger partial charge in [-0.1, -0.05) is 18.9 Å². The van der Waals surface area contributed by atoms with Gasteiger partial charge in [-0.15, -0.1) is 11.6 Å². The molecule has 2 heteroatoms. The summed E-state index contributed by atoms with van der Waals surface area (Å²) in [5.74, 6) is 0.613. The lowest BCUT2D eigenvalue weighted by Gasteiger charge is -2.30. The predicted octanol–water partition coefficient (Wildman–Crippen LogP) is 4.50. The third-order valence-electron chi connectivity index (χ3n) is 3.85. The van der Waals surface area contributed by atoms with Crippen LogP contribution in [-0.4, -0.2) is 12.6 Å². The van der Waals surface area contributed by atoms with Gasteiger partial charge in [-0.25, -0.2) is 0 Å². The Morgan fingerprint density at radius 3 is 2.82 bits per heavy atom. The Morgan fingerprint density at radius 2 is 2.12 bits per heavy atom. The van der Waals surface area contributed by atoms with Crippen molar-refractivity contribution in [2.24, 2.45) is 0 Å². The first-order valence-electron chi connectivity index (χ1n) is 6.64. The van der Waals surface area contributed by atoms with Crippen molar-refractivity contribution in [3.05, 3.63) is 29.3 Å². The highest BCUT2D eigenvalue weighted by Crippen LogP contribution is 2.26. The summed E-state index contributed by atoms with van der Waals surface area (Å²) in [6.07, 6.45) is 5.38. The zero-order valence-corrected chi connectivity index (χ0v) is 11.6. The van der Waals surface area contributed by atoms with Crippen molar-refractivity contribution in [1.29, 1.82) is 0 Å². The number of aryl methyl sites for hydroxylation is 1. The van der Waals surface area contributed by atoms with E-state index in [1.54, 1.807) is 0 Å². The van der Waals surface area contributed by atoms with E-state index in [-0.39, 0.29) is 0 Å². The molecule has 1 aromatic carbocycles. The molecule has 0 radical (unpaired) electrons. The van der Waals surface area contributed by atoms with Gasteiger partial charge in [0.2, 0.25) is 0 Å². The lowest BCUT2D eigenvalue weighted by molar-refractivity contribution is 0.616. The molecule has 1 heterocycles. The van der Waals surface area contributed by atoms with Crippen molar-refractivity contribution < 1.29 is 0 Å². The largest absolute Gasteiger partial charge is 0.369 e. The second-order valence-corrected chi connectivity index (χ2v) is 5.40. The first-order chi connectivity index (χ1) is 8.22. The maximum absolute atomic E-state index is 5.91. The van der Waals surface area contributed by atoms with E-state index in [1.165, 1.54) is 49.0 Å². The fourth-order valence-electron chi connectivity index (χ4n) is 2.67. The number of halogens is 1. The van der Waals surface area contributed by atoms with Crippen molar-refractivity contribution in [2.45, 2.75) is 51.5 Å². The van der Waals surface area contributed by atoms with Crippen LogP contribution in [0.1, 0.15) is 43.7 Å². The zero-order chi connectivity index (χ0) is 12.3. The molecule has 1 aromatic rings. The highest BCUT2D eigenvalue weighted by Gasteiger charge is 2.17. The zero-order valence-electron chi connectivity index (χ0n) is 10.9. The Hall–Kier alpha value is -0.690. The molecule has 0 aliphatic carbocycles. The Morgan fingerprint density at radius 1 is 1.29 bits per heavy atom. The minimum Gasteiger partial charge on any atom is -0.369 e. The third-order valence-corrected chi connectivity index (χ3v) is 4.14. The van der Waals surface area contributed by atoms with Gasteiger partial charge in [0.05, 0.1) is 0 Å². The molecule has 0 saturated carbocycles. The second-order valence-electron chi connectivity index (χ2n) is 5.14. The topological polar surface area (TPSA) is 3.24 Å². The normalized spacial score (nSPS) is 21.4. The molecule has 17 heavy (non-hydrogen) atoms. The molecular formula is C15H22ClN. The molecule has 0 aromatic heterocycles. The number of rotatable bonds is 2. The summed E-state index contributed by atoms with van der Waals surface area (Å²) in [5, 5.41) is 0. The molecule has 0 amide bonds. The minimum absolute atomic E-state index is 0.613. The Labute approximate surface area is 110 Å². The van der Waals surface area contributed by atoms with Gasteiger partial charge in [0.15, 0.2) is 0 Å². The highest BCUT2D eigenvalue weighted by atomic mass is 35.5. The van der Waals surface area contributed by atoms with Crippen LogP contribution < -0.4 is 4.90 Å². The number of hydrogen-bond donors (Lipinski definition) is 0. The van der Waals surface area contributed by atoms with Gasteiger partial charge in [-0.2, -0.15) is 0 Å². The standard InChI is InChI=1S/C15H22ClN/c1-12-10-15(8-7-14(12)11-16)17-9-5-3-4-6-13(17)2/h7-8,10,13H,3-6,9,11H2,1-2H3. The molecule has 0 bridgehead atoms. The first-order valence-corrected chi connectivity index (χ1v) is 7.18. The van der Waals surface area contributed by atoms with Crippen LogP contribution in [0.4, 0.5) is 5.69 Å². The average molecular weight is 252 g/mol. The molecule has 1 aliphatic rings. The van der Waals surface area contributed by atoms with Crippen LogP contribution >= 0.6 is 11.6 Å². The summed E-state index contributed by atoms with van der Waals surface area (Å²) < 4.78 is 0. The molecule has 2 rings (SSSR count). The van der Waals surface area contributed by atoms with Gasteiger partial charge in [0.1, 0.15) is 0 Å². The SMILES string of the molecule is Cc1cc(N2CCCCCC2C)ccc1CCl. The quantitative estimate of drug-likeness (QED) is 0.700. The Balaban J connectivity index is 2.22. The van der Waals surface area contributed by atoms with Gasteiger partial charge in [0, 0.05) is 24.2 Å². The van der Waals surface area contributed by atoms with Crippen LogP contribution in [0, 0.1) is 6.92 Å². The maximum atomic E-state index is 5.91. The van der Waals surface area contributed by atoms with Crippen molar-refractivity contribution in [2.75, 3.05) is 11.4 Å². The van der Waals surface area contributed by atoms with E-state index in [1.807, 2.05) is 0 Å². The summed E-state index contributed by atoms with van der Waals surface area (Å²) in [7, 11) is 0. The first kappa shape index (κ1) is 12.8. The van der Waals surface area contributed by atoms with Gasteiger partial charge < -0.3 is 4.90 Å². The van der Waals surface area contributed by atoms with Gasteiger partial charge >= 0.3 is 0 Å². The van der Waals surface area contributed by atoms with Gasteiger partial charge in [-0.05, 0) is 49.9 Å². The van der Waals surface area contributed by atoms with Crippen molar-refractivity contribution in [3.63, 3.8) is 0 Å². The van der Waals surface area contributed by atoms with Crippen LogP contribution in [0.15, 0.2) is 18.2 Å². The van der Waals surface area contributed by atoms with E-state index in [2.05, 4.69) is 36.9 Å². The van der Waals surface area contributed by atoms with E-state index in [0.717, 1.165) is 0 Å². The molecule has 1 nitrogen and oxygen atoms in total. The van der Waals surface area contributed by atoms with Crippen LogP contribution in [0.5, 0.6) is 0 Å². The fraction of sp³-hybridized carbons (Fsp3) is 0.600. The molecule has 1 aliphatic heterocycles. The monoisotopic (exact) mass is 251 g/mol. The van der Waals surface area contributed by atoms with Crippen molar-refractivity contribution in [1.82, 2.24) is 0 Å². The fourth-order valence-corrected chi connectivity index (χ4v) is 2.97. The number of hydrogen-bond acceptors (Lipinski definition) is 1. The summed E-state index contributed by atoms with van der Waals surface area (Å²) in [6, 6.07) is 7.36. The molecule has 0 N–H and O–H groups in total. The predicted molar refractivity (Wildman–Crippen MR) is 76.0 cm³/mol. The Bertz CT molecular complexity index is 375. The lowest BCUT2D eigenvalue weighted by Crippen LogP contribution is -2.32. The smallest absolute Gasteiger partial charge is 0.0476 e. The molecule has 1 atom stereocenters. The van der Waals surface area contributed by atoms with Crippen LogP contribution in [0.2, 0.25) is 0 Å². The molecule has 1 fully saturated rings. The Kier molecular flexibility index (Phi) is 4.33. The van der Waals surface area contributed by atoms with Gasteiger partial charge in [0.25, 0.3) is 0 Å². The van der Waals surface area contributed by atoms with Crippen LogP contribution in [0.25, 0.3) is 0 Å². The van der Waals surface area contributed by atoms with E-state index in [9.17, 15) is 0 Å². The number of alkyl halides is 1. The molecule has 1 unspecified atom stereocenters. The summed E-state index contributed by atoms with van der Waals surface area (Å²) >= 11 is 5.91. The van der Waals surface area contributed by atoms with E-state index in [0.29, 0.717) is 11.9 Å². The molecule has 94 valence electrons. The maximum Gasteiger partial charge on any atom is 0.0476 e. The average Bonchev–Trinajstić information content (AvgIpc) is 2.54. The second kappa shape index (κ2) is 5.77. The van der Waals surface area contributed by atoms with Crippen molar-refractivity contribution >= 4 is 17.3 Å². The summed E-state index contributed by atoms with van der Waals surface area (Å²) in [4.78, 5) is 2.55. The number of benzene rings is 1. The third kappa shape index (κ3) is 2.95. The van der Waals surface area contributed by atoms with E-state index >= 15 is 0 Å². The molecule has 1 saturated heterocycles. The van der Waals surface area contributed by atoms with Crippen molar-refractivity contribution in [3.8, 4) is 0 Å². The summed E-state index contributed by atoms with van der Waals surface area (Å²) in [6.45, 7) is 5.70. The molecular weight excluding hydrogens is 230 g/mol. The highest BCUT2D eigenvalue weighted by molar-refractivity contribution is 6.17. The van der Waals surface area contributed by atoms with E-state index in [4.69, 9.17) is 11.6 Å². The van der Waals surface area contributed by atoms with Crippen LogP contribution in [-0.2, 0) is 5.88 Å². The number of anilines is 1. The minimum atomic E-state index is 0.613. The lowest BCUT2D eigenvalue weighted by atomic mass is 10.1. The van der Waals surface area contributed by atoms with Crippen LogP contribution in [0.3, 0.4) is 0 Å². The van der Waals surface area contributed by atoms with E-state index < -0.39 is 0 Å². The van der Waals surface area contributed by atoms with Gasteiger partial charge in [-0.3, -0.25) is 0 Å². The summed E-state index contributed by atoms with van der Waals surface area (Å²) in [5.41, 5.74) is 3.93. The number of nitrogens with zero attached hydrogens (tertiary/aromatic N) is 1. The molecule has 0 spiro atoms.